The van der Waals surface area contributed by atoms with Crippen LogP contribution in [-0.4, -0.2) is 0 Å². The van der Waals surface area contributed by atoms with Crippen LogP contribution in [0.1, 0.15) is 48.6 Å². The Labute approximate surface area is 130 Å². The van der Waals surface area contributed by atoms with E-state index >= 15 is 0 Å². The van der Waals surface area contributed by atoms with Gasteiger partial charge in [-0.1, -0.05) is 72.1 Å². The van der Waals surface area contributed by atoms with Crippen molar-refractivity contribution in [2.45, 2.75) is 44.4 Å². The molecule has 106 valence electrons. The lowest BCUT2D eigenvalue weighted by Gasteiger charge is -2.31. The number of hydrogen-bond acceptors (Lipinski definition) is 0. The Morgan fingerprint density at radius 1 is 1.00 bits per heavy atom. The number of alkyl halides is 1. The van der Waals surface area contributed by atoms with E-state index in [2.05, 4.69) is 66.2 Å². The smallest absolute Gasteiger partial charge is 0.0432 e. The molecule has 0 heterocycles. The van der Waals surface area contributed by atoms with Gasteiger partial charge in [0.25, 0.3) is 0 Å². The molecule has 1 fully saturated rings. The molecule has 0 saturated heterocycles. The molecular formula is C19H23Br. The van der Waals surface area contributed by atoms with Crippen LogP contribution in [0.4, 0.5) is 0 Å². The second-order valence-electron chi connectivity index (χ2n) is 6.44. The first-order valence-electron chi connectivity index (χ1n) is 7.79. The van der Waals surface area contributed by atoms with Crippen molar-refractivity contribution in [3.63, 3.8) is 0 Å². The third-order valence-corrected chi connectivity index (χ3v) is 6.14. The van der Waals surface area contributed by atoms with E-state index in [1.54, 1.807) is 0 Å². The Kier molecular flexibility index (Phi) is 4.16. The Morgan fingerprint density at radius 3 is 2.45 bits per heavy atom. The summed E-state index contributed by atoms with van der Waals surface area (Å²) in [7, 11) is 0. The van der Waals surface area contributed by atoms with Crippen LogP contribution >= 0.6 is 15.9 Å². The van der Waals surface area contributed by atoms with Crippen molar-refractivity contribution < 1.29 is 0 Å². The predicted molar refractivity (Wildman–Crippen MR) is 91.5 cm³/mol. The highest BCUT2D eigenvalue weighted by atomic mass is 79.9. The molecule has 3 rings (SSSR count). The highest BCUT2D eigenvalue weighted by Gasteiger charge is 2.27. The van der Waals surface area contributed by atoms with Crippen LogP contribution < -0.4 is 0 Å². The zero-order valence-electron chi connectivity index (χ0n) is 12.4. The van der Waals surface area contributed by atoms with E-state index in [1.807, 2.05) is 0 Å². The number of benzene rings is 2. The molecule has 0 nitrogen and oxygen atoms in total. The molecule has 1 aliphatic carbocycles. The molecule has 0 radical (unpaired) electrons. The predicted octanol–water partition coefficient (Wildman–Crippen LogP) is 6.41. The van der Waals surface area contributed by atoms with Crippen molar-refractivity contribution >= 4 is 26.7 Å². The Bertz CT molecular complexity index is 594. The lowest BCUT2D eigenvalue weighted by molar-refractivity contribution is 0.288. The number of halogens is 1. The molecule has 0 amide bonds. The standard InChI is InChI=1S/C19H23Br/c1-13-7-10-16(11-8-13)19(20)18-14(2)9-12-15-5-3-4-6-17(15)18/h3-6,9,12-13,16,19H,7-8,10-11H2,1-2H3. The van der Waals surface area contributed by atoms with Crippen molar-refractivity contribution in [1.82, 2.24) is 0 Å². The summed E-state index contributed by atoms with van der Waals surface area (Å²) >= 11 is 4.04. The molecule has 1 atom stereocenters. The highest BCUT2D eigenvalue weighted by Crippen LogP contribution is 2.44. The quantitative estimate of drug-likeness (QED) is 0.558. The first-order chi connectivity index (χ1) is 9.66. The summed E-state index contributed by atoms with van der Waals surface area (Å²) in [5.74, 6) is 1.70. The largest absolute Gasteiger partial charge is 0.0835 e. The van der Waals surface area contributed by atoms with Gasteiger partial charge in [-0.25, -0.2) is 0 Å². The van der Waals surface area contributed by atoms with E-state index in [9.17, 15) is 0 Å². The van der Waals surface area contributed by atoms with Crippen LogP contribution in [-0.2, 0) is 0 Å². The van der Waals surface area contributed by atoms with Gasteiger partial charge in [-0.05, 0) is 53.5 Å². The van der Waals surface area contributed by atoms with Gasteiger partial charge in [0.1, 0.15) is 0 Å². The molecule has 1 saturated carbocycles. The maximum atomic E-state index is 4.04. The summed E-state index contributed by atoms with van der Waals surface area (Å²) in [5, 5.41) is 2.79. The van der Waals surface area contributed by atoms with Gasteiger partial charge >= 0.3 is 0 Å². The fraction of sp³-hybridized carbons (Fsp3) is 0.474. The lowest BCUT2D eigenvalue weighted by Crippen LogP contribution is -2.17. The highest BCUT2D eigenvalue weighted by molar-refractivity contribution is 9.09. The topological polar surface area (TPSA) is 0 Å². The van der Waals surface area contributed by atoms with Gasteiger partial charge in [0.15, 0.2) is 0 Å². The average molecular weight is 331 g/mol. The van der Waals surface area contributed by atoms with Gasteiger partial charge in [-0.15, -0.1) is 0 Å². The van der Waals surface area contributed by atoms with E-state index in [-0.39, 0.29) is 0 Å². The summed E-state index contributed by atoms with van der Waals surface area (Å²) < 4.78 is 0. The van der Waals surface area contributed by atoms with Gasteiger partial charge in [0, 0.05) is 4.83 Å². The minimum Gasteiger partial charge on any atom is -0.0835 e. The maximum Gasteiger partial charge on any atom is 0.0432 e. The van der Waals surface area contributed by atoms with E-state index in [4.69, 9.17) is 0 Å². The van der Waals surface area contributed by atoms with Gasteiger partial charge in [0.05, 0.1) is 0 Å². The fourth-order valence-corrected chi connectivity index (χ4v) is 4.72. The Morgan fingerprint density at radius 2 is 1.70 bits per heavy atom. The molecule has 1 unspecified atom stereocenters. The first kappa shape index (κ1) is 14.1. The number of fused-ring (bicyclic) bond motifs is 1. The normalized spacial score (nSPS) is 24.8. The second kappa shape index (κ2) is 5.89. The molecular weight excluding hydrogens is 308 g/mol. The summed E-state index contributed by atoms with van der Waals surface area (Å²) in [6.07, 6.45) is 5.49. The third kappa shape index (κ3) is 2.65. The summed E-state index contributed by atoms with van der Waals surface area (Å²) in [4.78, 5) is 0.501. The molecule has 20 heavy (non-hydrogen) atoms. The van der Waals surface area contributed by atoms with E-state index in [0.29, 0.717) is 4.83 Å². The van der Waals surface area contributed by atoms with Crippen molar-refractivity contribution in [2.24, 2.45) is 11.8 Å². The van der Waals surface area contributed by atoms with Gasteiger partial charge < -0.3 is 0 Å². The van der Waals surface area contributed by atoms with Gasteiger partial charge in [0.2, 0.25) is 0 Å². The van der Waals surface area contributed by atoms with Crippen molar-refractivity contribution in [2.75, 3.05) is 0 Å². The second-order valence-corrected chi connectivity index (χ2v) is 7.43. The van der Waals surface area contributed by atoms with E-state index < -0.39 is 0 Å². The fourth-order valence-electron chi connectivity index (χ4n) is 3.58. The summed E-state index contributed by atoms with van der Waals surface area (Å²) in [6, 6.07) is 13.3. The van der Waals surface area contributed by atoms with Gasteiger partial charge in [-0.2, -0.15) is 0 Å². The van der Waals surface area contributed by atoms with Crippen LogP contribution in [0.15, 0.2) is 36.4 Å². The molecule has 2 aromatic carbocycles. The van der Waals surface area contributed by atoms with E-state index in [1.165, 1.54) is 47.6 Å². The van der Waals surface area contributed by atoms with Crippen LogP contribution in [0, 0.1) is 18.8 Å². The first-order valence-corrected chi connectivity index (χ1v) is 8.70. The number of rotatable bonds is 2. The van der Waals surface area contributed by atoms with Crippen molar-refractivity contribution in [1.29, 1.82) is 0 Å². The molecule has 0 aliphatic heterocycles. The Hall–Kier alpha value is -0.820. The zero-order chi connectivity index (χ0) is 14.1. The number of aryl methyl sites for hydroxylation is 1. The van der Waals surface area contributed by atoms with Crippen LogP contribution in [0.5, 0.6) is 0 Å². The molecule has 1 aliphatic rings. The molecule has 0 N–H and O–H groups in total. The molecule has 0 aromatic heterocycles. The minimum atomic E-state index is 0.501. The number of hydrogen-bond donors (Lipinski definition) is 0. The Balaban J connectivity index is 1.98. The van der Waals surface area contributed by atoms with Crippen molar-refractivity contribution in [3.05, 3.63) is 47.5 Å². The maximum absolute atomic E-state index is 4.04. The SMILES string of the molecule is Cc1ccc2ccccc2c1C(Br)C1CCC(C)CC1. The molecule has 0 spiro atoms. The minimum absolute atomic E-state index is 0.501. The molecule has 2 aromatic rings. The zero-order valence-corrected chi connectivity index (χ0v) is 14.0. The van der Waals surface area contributed by atoms with E-state index in [0.717, 1.165) is 11.8 Å². The van der Waals surface area contributed by atoms with Gasteiger partial charge in [-0.3, -0.25) is 0 Å². The molecule has 1 heteroatoms. The van der Waals surface area contributed by atoms with Crippen molar-refractivity contribution in [3.8, 4) is 0 Å². The third-order valence-electron chi connectivity index (χ3n) is 4.94. The summed E-state index contributed by atoms with van der Waals surface area (Å²) in [5.41, 5.74) is 2.94. The lowest BCUT2D eigenvalue weighted by atomic mass is 9.79. The van der Waals surface area contributed by atoms with Crippen LogP contribution in [0.25, 0.3) is 10.8 Å². The average Bonchev–Trinajstić information content (AvgIpc) is 2.47. The van der Waals surface area contributed by atoms with Crippen LogP contribution in [0.2, 0.25) is 0 Å². The molecule has 0 bridgehead atoms. The monoisotopic (exact) mass is 330 g/mol. The van der Waals surface area contributed by atoms with Crippen LogP contribution in [0.3, 0.4) is 0 Å². The summed E-state index contributed by atoms with van der Waals surface area (Å²) in [6.45, 7) is 4.64.